The number of carbonyl (C=O) groups excluding carboxylic acids is 1. The maximum atomic E-state index is 13.5. The molecule has 2 fully saturated rings. The van der Waals surface area contributed by atoms with Crippen molar-refractivity contribution in [2.45, 2.75) is 61.9 Å². The first-order valence-electron chi connectivity index (χ1n) is 12.2. The van der Waals surface area contributed by atoms with E-state index in [-0.39, 0.29) is 28.8 Å². The first-order valence-corrected chi connectivity index (χ1v) is 13.7. The number of hydrogen-bond acceptors (Lipinski definition) is 4. The third kappa shape index (κ3) is 4.86. The topological polar surface area (TPSA) is 79.4 Å². The number of para-hydroxylation sites is 1. The molecule has 0 spiro atoms. The molecular formula is C27H31N3O3S. The molecule has 1 N–H and O–H groups in total. The van der Waals surface area contributed by atoms with E-state index < -0.39 is 10.0 Å². The zero-order valence-corrected chi connectivity index (χ0v) is 20.1. The summed E-state index contributed by atoms with van der Waals surface area (Å²) < 4.78 is 28.8. The first-order chi connectivity index (χ1) is 16.5. The van der Waals surface area contributed by atoms with E-state index in [9.17, 15) is 13.2 Å². The van der Waals surface area contributed by atoms with Crippen LogP contribution in [-0.2, 0) is 14.8 Å². The van der Waals surface area contributed by atoms with Crippen molar-refractivity contribution < 1.29 is 13.2 Å². The number of nitrogens with one attached hydrogen (secondary N) is 1. The predicted octanol–water partition coefficient (Wildman–Crippen LogP) is 4.83. The Morgan fingerprint density at radius 1 is 0.912 bits per heavy atom. The second-order valence-corrected chi connectivity index (χ2v) is 11.2. The van der Waals surface area contributed by atoms with Gasteiger partial charge in [0.1, 0.15) is 4.90 Å². The Kier molecular flexibility index (Phi) is 6.66. The molecule has 1 unspecified atom stereocenters. The Labute approximate surface area is 201 Å². The van der Waals surface area contributed by atoms with Crippen LogP contribution in [0.4, 0.5) is 0 Å². The monoisotopic (exact) mass is 477 g/mol. The number of sulfonamides is 1. The van der Waals surface area contributed by atoms with Crippen LogP contribution in [-0.4, -0.2) is 36.8 Å². The Balaban J connectivity index is 1.22. The summed E-state index contributed by atoms with van der Waals surface area (Å²) in [4.78, 5) is 20.0. The van der Waals surface area contributed by atoms with E-state index in [1.54, 1.807) is 6.07 Å². The molecule has 2 aromatic carbocycles. The van der Waals surface area contributed by atoms with E-state index in [0.717, 1.165) is 36.7 Å². The molecular weight excluding hydrogens is 446 g/mol. The van der Waals surface area contributed by atoms with E-state index in [2.05, 4.69) is 26.7 Å². The average Bonchev–Trinajstić information content (AvgIpc) is 2.89. The van der Waals surface area contributed by atoms with E-state index in [1.165, 1.54) is 11.8 Å². The molecule has 1 aliphatic carbocycles. The molecule has 1 aliphatic heterocycles. The molecule has 1 amide bonds. The Hall–Kier alpha value is -2.77. The molecule has 1 saturated heterocycles. The van der Waals surface area contributed by atoms with Gasteiger partial charge in [0.15, 0.2) is 0 Å². The molecule has 0 bridgehead atoms. The smallest absolute Gasteiger partial charge is 0.242 e. The van der Waals surface area contributed by atoms with Crippen LogP contribution in [0.25, 0.3) is 10.9 Å². The lowest BCUT2D eigenvalue weighted by Gasteiger charge is -2.39. The van der Waals surface area contributed by atoms with E-state index >= 15 is 0 Å². The quantitative estimate of drug-likeness (QED) is 0.571. The predicted molar refractivity (Wildman–Crippen MR) is 133 cm³/mol. The van der Waals surface area contributed by atoms with Gasteiger partial charge in [-0.05, 0) is 62.6 Å². The SMILES string of the molecule is O=C([C@H]1CC[C@H](NS(=O)(=O)c2cnc3ccccc3c2)CC1)N1CCCCC1c1ccccc1. The number of likely N-dealkylation sites (tertiary alicyclic amines) is 1. The van der Waals surface area contributed by atoms with Gasteiger partial charge >= 0.3 is 0 Å². The van der Waals surface area contributed by atoms with Crippen LogP contribution in [0.1, 0.15) is 56.6 Å². The molecule has 7 heteroatoms. The highest BCUT2D eigenvalue weighted by Crippen LogP contribution is 2.35. The fourth-order valence-electron chi connectivity index (χ4n) is 5.40. The summed E-state index contributed by atoms with van der Waals surface area (Å²) in [6.07, 6.45) is 7.36. The van der Waals surface area contributed by atoms with Gasteiger partial charge in [-0.1, -0.05) is 48.5 Å². The zero-order chi connectivity index (χ0) is 23.5. The normalized spacial score (nSPS) is 23.6. The summed E-state index contributed by atoms with van der Waals surface area (Å²) in [5.74, 6) is 0.195. The van der Waals surface area contributed by atoms with Crippen molar-refractivity contribution in [2.75, 3.05) is 6.54 Å². The fraction of sp³-hybridized carbons (Fsp3) is 0.407. The highest BCUT2D eigenvalue weighted by Gasteiger charge is 2.35. The van der Waals surface area contributed by atoms with Gasteiger partial charge in [-0.25, -0.2) is 13.1 Å². The molecule has 6 nitrogen and oxygen atoms in total. The van der Waals surface area contributed by atoms with Crippen molar-refractivity contribution in [3.8, 4) is 0 Å². The number of benzene rings is 2. The number of amides is 1. The van der Waals surface area contributed by atoms with Gasteiger partial charge in [0.25, 0.3) is 0 Å². The first kappa shape index (κ1) is 23.0. The van der Waals surface area contributed by atoms with Gasteiger partial charge in [0, 0.05) is 30.1 Å². The molecule has 1 aromatic heterocycles. The summed E-state index contributed by atoms with van der Waals surface area (Å²) in [5, 5.41) is 0.800. The third-order valence-electron chi connectivity index (χ3n) is 7.24. The number of carbonyl (C=O) groups is 1. The van der Waals surface area contributed by atoms with Crippen molar-refractivity contribution in [1.29, 1.82) is 0 Å². The summed E-state index contributed by atoms with van der Waals surface area (Å²) in [5.41, 5.74) is 1.98. The fourth-order valence-corrected chi connectivity index (χ4v) is 6.68. The van der Waals surface area contributed by atoms with Crippen molar-refractivity contribution in [3.63, 3.8) is 0 Å². The lowest BCUT2D eigenvalue weighted by Crippen LogP contribution is -2.45. The van der Waals surface area contributed by atoms with Crippen LogP contribution in [0, 0.1) is 5.92 Å². The van der Waals surface area contributed by atoms with Crippen molar-refractivity contribution in [3.05, 3.63) is 72.4 Å². The second-order valence-electron chi connectivity index (χ2n) is 9.49. The largest absolute Gasteiger partial charge is 0.335 e. The number of pyridine rings is 1. The van der Waals surface area contributed by atoms with Crippen molar-refractivity contribution in [2.24, 2.45) is 5.92 Å². The molecule has 3 aromatic rings. The Morgan fingerprint density at radius 2 is 1.65 bits per heavy atom. The Bertz CT molecular complexity index is 1250. The molecule has 2 aliphatic rings. The highest BCUT2D eigenvalue weighted by molar-refractivity contribution is 7.89. The van der Waals surface area contributed by atoms with Crippen LogP contribution in [0.3, 0.4) is 0 Å². The van der Waals surface area contributed by atoms with Gasteiger partial charge in [-0.15, -0.1) is 0 Å². The molecule has 0 radical (unpaired) electrons. The van der Waals surface area contributed by atoms with Gasteiger partial charge in [0.05, 0.1) is 11.6 Å². The number of aromatic nitrogens is 1. The van der Waals surface area contributed by atoms with Crippen LogP contribution in [0.2, 0.25) is 0 Å². The maximum absolute atomic E-state index is 13.5. The number of fused-ring (bicyclic) bond motifs is 1. The van der Waals surface area contributed by atoms with Crippen LogP contribution < -0.4 is 4.72 Å². The van der Waals surface area contributed by atoms with Gasteiger partial charge in [-0.3, -0.25) is 9.78 Å². The zero-order valence-electron chi connectivity index (χ0n) is 19.3. The standard InChI is InChI=1S/C27H31N3O3S/c31-27(30-17-7-6-12-26(30)20-8-2-1-3-9-20)21-13-15-23(16-14-21)29-34(32,33)24-18-22-10-4-5-11-25(22)28-19-24/h1-5,8-11,18-19,21,23,26,29H,6-7,12-17H2/t21-,23-,26?. The molecule has 2 heterocycles. The molecule has 1 saturated carbocycles. The van der Waals surface area contributed by atoms with E-state index in [4.69, 9.17) is 0 Å². The minimum Gasteiger partial charge on any atom is -0.335 e. The Morgan fingerprint density at radius 3 is 2.44 bits per heavy atom. The van der Waals surface area contributed by atoms with Gasteiger partial charge in [-0.2, -0.15) is 0 Å². The summed E-state index contributed by atoms with van der Waals surface area (Å²) in [6.45, 7) is 0.805. The summed E-state index contributed by atoms with van der Waals surface area (Å²) in [7, 11) is -3.66. The maximum Gasteiger partial charge on any atom is 0.242 e. The van der Waals surface area contributed by atoms with Crippen LogP contribution in [0.5, 0.6) is 0 Å². The summed E-state index contributed by atoms with van der Waals surface area (Å²) in [6, 6.07) is 19.4. The molecule has 5 rings (SSSR count). The molecule has 34 heavy (non-hydrogen) atoms. The van der Waals surface area contributed by atoms with Crippen molar-refractivity contribution in [1.82, 2.24) is 14.6 Å². The number of nitrogens with zero attached hydrogens (tertiary/aromatic N) is 2. The molecule has 1 atom stereocenters. The van der Waals surface area contributed by atoms with Crippen LogP contribution >= 0.6 is 0 Å². The van der Waals surface area contributed by atoms with Crippen molar-refractivity contribution >= 4 is 26.8 Å². The summed E-state index contributed by atoms with van der Waals surface area (Å²) >= 11 is 0. The van der Waals surface area contributed by atoms with E-state index in [0.29, 0.717) is 25.7 Å². The van der Waals surface area contributed by atoms with Gasteiger partial charge in [0.2, 0.25) is 15.9 Å². The lowest BCUT2D eigenvalue weighted by molar-refractivity contribution is -0.140. The minimum atomic E-state index is -3.66. The lowest BCUT2D eigenvalue weighted by atomic mass is 9.84. The molecule has 178 valence electrons. The highest BCUT2D eigenvalue weighted by atomic mass is 32.2. The minimum absolute atomic E-state index is 0.0348. The second kappa shape index (κ2) is 9.84. The van der Waals surface area contributed by atoms with E-state index in [1.807, 2.05) is 42.5 Å². The number of rotatable bonds is 5. The average molecular weight is 478 g/mol. The third-order valence-corrected chi connectivity index (χ3v) is 8.73. The van der Waals surface area contributed by atoms with Crippen LogP contribution in [0.15, 0.2) is 71.8 Å². The number of hydrogen-bond donors (Lipinski definition) is 1. The number of piperidine rings is 1. The van der Waals surface area contributed by atoms with Gasteiger partial charge < -0.3 is 4.90 Å².